The number of hydrogen-bond donors (Lipinski definition) is 2. The second-order valence-electron chi connectivity index (χ2n) is 4.24. The van der Waals surface area contributed by atoms with Crippen molar-refractivity contribution in [3.63, 3.8) is 0 Å². The highest BCUT2D eigenvalue weighted by Gasteiger charge is 2.19. The van der Waals surface area contributed by atoms with Crippen molar-refractivity contribution in [1.82, 2.24) is 5.32 Å². The van der Waals surface area contributed by atoms with Gasteiger partial charge in [0.2, 0.25) is 0 Å². The summed E-state index contributed by atoms with van der Waals surface area (Å²) in [5.41, 5.74) is 6.85. The number of nitrogens with one attached hydrogen (secondary N) is 1. The Morgan fingerprint density at radius 2 is 2.37 bits per heavy atom. The maximum Gasteiger partial charge on any atom is 0.250 e. The van der Waals surface area contributed by atoms with Crippen molar-refractivity contribution >= 4 is 12.0 Å². The molecule has 0 aliphatic carbocycles. The second-order valence-corrected chi connectivity index (χ2v) is 4.24. The molecule has 0 bridgehead atoms. The van der Waals surface area contributed by atoms with Crippen LogP contribution in [0, 0.1) is 0 Å². The molecular weight excluding hydrogens is 244 g/mol. The molecule has 5 heteroatoms. The summed E-state index contributed by atoms with van der Waals surface area (Å²) < 4.78 is 10.8. The highest BCUT2D eigenvalue weighted by molar-refractivity contribution is 5.99. The first-order valence-electron chi connectivity index (χ1n) is 6.25. The number of methoxy groups -OCH3 is 1. The SMILES string of the molecule is COc1cccc2c1OCC(C(=O)NCCCN)=C2. The van der Waals surface area contributed by atoms with Crippen LogP contribution >= 0.6 is 0 Å². The van der Waals surface area contributed by atoms with Gasteiger partial charge < -0.3 is 20.5 Å². The molecule has 0 unspecified atom stereocenters. The van der Waals surface area contributed by atoms with E-state index in [4.69, 9.17) is 15.2 Å². The van der Waals surface area contributed by atoms with E-state index in [-0.39, 0.29) is 12.5 Å². The zero-order chi connectivity index (χ0) is 13.7. The van der Waals surface area contributed by atoms with E-state index in [1.54, 1.807) is 7.11 Å². The summed E-state index contributed by atoms with van der Waals surface area (Å²) in [6.07, 6.45) is 2.60. The Hall–Kier alpha value is -2.01. The fourth-order valence-electron chi connectivity index (χ4n) is 1.89. The number of rotatable bonds is 5. The van der Waals surface area contributed by atoms with Gasteiger partial charge in [0.1, 0.15) is 6.61 Å². The van der Waals surface area contributed by atoms with Crippen LogP contribution in [0.15, 0.2) is 23.8 Å². The first-order chi connectivity index (χ1) is 9.26. The normalized spacial score (nSPS) is 13.1. The smallest absolute Gasteiger partial charge is 0.250 e. The van der Waals surface area contributed by atoms with E-state index in [1.165, 1.54) is 0 Å². The predicted molar refractivity (Wildman–Crippen MR) is 73.1 cm³/mol. The van der Waals surface area contributed by atoms with E-state index >= 15 is 0 Å². The van der Waals surface area contributed by atoms with Crippen molar-refractivity contribution in [3.8, 4) is 11.5 Å². The Bertz CT molecular complexity index is 497. The lowest BCUT2D eigenvalue weighted by Crippen LogP contribution is -2.30. The molecule has 1 aliphatic rings. The van der Waals surface area contributed by atoms with Gasteiger partial charge in [-0.05, 0) is 25.1 Å². The summed E-state index contributed by atoms with van der Waals surface area (Å²) in [7, 11) is 1.59. The average molecular weight is 262 g/mol. The number of para-hydroxylation sites is 1. The predicted octanol–water partition coefficient (Wildman–Crippen LogP) is 0.936. The van der Waals surface area contributed by atoms with Crippen LogP contribution in [0.5, 0.6) is 11.5 Å². The van der Waals surface area contributed by atoms with Crippen molar-refractivity contribution in [1.29, 1.82) is 0 Å². The average Bonchev–Trinajstić information content (AvgIpc) is 2.46. The number of benzene rings is 1. The first-order valence-corrected chi connectivity index (χ1v) is 6.25. The molecule has 0 radical (unpaired) electrons. The van der Waals surface area contributed by atoms with Crippen molar-refractivity contribution in [2.24, 2.45) is 5.73 Å². The molecule has 0 spiro atoms. The molecule has 2 rings (SSSR count). The van der Waals surface area contributed by atoms with E-state index in [0.717, 1.165) is 12.0 Å². The van der Waals surface area contributed by atoms with Gasteiger partial charge in [0.15, 0.2) is 11.5 Å². The van der Waals surface area contributed by atoms with Gasteiger partial charge in [-0.1, -0.05) is 12.1 Å². The number of nitrogens with two attached hydrogens (primary N) is 1. The van der Waals surface area contributed by atoms with Crippen LogP contribution in [-0.4, -0.2) is 32.7 Å². The van der Waals surface area contributed by atoms with E-state index < -0.39 is 0 Å². The molecule has 1 aromatic rings. The minimum Gasteiger partial charge on any atom is -0.493 e. The molecular formula is C14H18N2O3. The third-order valence-electron chi connectivity index (χ3n) is 2.89. The van der Waals surface area contributed by atoms with Gasteiger partial charge in [-0.15, -0.1) is 0 Å². The topological polar surface area (TPSA) is 73.6 Å². The van der Waals surface area contributed by atoms with Gasteiger partial charge in [0.25, 0.3) is 5.91 Å². The van der Waals surface area contributed by atoms with Crippen molar-refractivity contribution in [2.75, 3.05) is 26.8 Å². The number of carbonyl (C=O) groups is 1. The van der Waals surface area contributed by atoms with Crippen LogP contribution in [-0.2, 0) is 4.79 Å². The molecule has 1 amide bonds. The zero-order valence-electron chi connectivity index (χ0n) is 10.9. The number of carbonyl (C=O) groups excluding carboxylic acids is 1. The largest absolute Gasteiger partial charge is 0.493 e. The number of hydrogen-bond acceptors (Lipinski definition) is 4. The number of amides is 1. The van der Waals surface area contributed by atoms with Gasteiger partial charge in [0.05, 0.1) is 12.7 Å². The van der Waals surface area contributed by atoms with Crippen LogP contribution in [0.3, 0.4) is 0 Å². The van der Waals surface area contributed by atoms with E-state index in [2.05, 4.69) is 5.32 Å². The highest BCUT2D eigenvalue weighted by Crippen LogP contribution is 2.35. The Morgan fingerprint density at radius 3 is 3.11 bits per heavy atom. The molecule has 0 fully saturated rings. The van der Waals surface area contributed by atoms with Gasteiger partial charge in [-0.25, -0.2) is 0 Å². The summed E-state index contributed by atoms with van der Waals surface area (Å²) in [5.74, 6) is 1.25. The summed E-state index contributed by atoms with van der Waals surface area (Å²) in [5, 5.41) is 2.81. The van der Waals surface area contributed by atoms with Crippen LogP contribution in [0.1, 0.15) is 12.0 Å². The summed E-state index contributed by atoms with van der Waals surface area (Å²) in [6, 6.07) is 5.59. The molecule has 5 nitrogen and oxygen atoms in total. The quantitative estimate of drug-likeness (QED) is 0.774. The van der Waals surface area contributed by atoms with Gasteiger partial charge >= 0.3 is 0 Å². The second kappa shape index (κ2) is 6.24. The van der Waals surface area contributed by atoms with E-state index in [9.17, 15) is 4.79 Å². The number of fused-ring (bicyclic) bond motifs is 1. The minimum atomic E-state index is -0.109. The summed E-state index contributed by atoms with van der Waals surface area (Å²) in [4.78, 5) is 11.9. The zero-order valence-corrected chi connectivity index (χ0v) is 10.9. The van der Waals surface area contributed by atoms with Gasteiger partial charge in [0, 0.05) is 12.1 Å². The standard InChI is InChI=1S/C14H18N2O3/c1-18-12-5-2-4-10-8-11(9-19-13(10)12)14(17)16-7-3-6-15/h2,4-5,8H,3,6-7,9,15H2,1H3,(H,16,17). The van der Waals surface area contributed by atoms with Gasteiger partial charge in [-0.2, -0.15) is 0 Å². The molecule has 0 aromatic heterocycles. The molecule has 1 aromatic carbocycles. The number of ether oxygens (including phenoxy) is 2. The monoisotopic (exact) mass is 262 g/mol. The van der Waals surface area contributed by atoms with Crippen molar-refractivity contribution in [2.45, 2.75) is 6.42 Å². The van der Waals surface area contributed by atoms with Gasteiger partial charge in [-0.3, -0.25) is 4.79 Å². The Kier molecular flexibility index (Phi) is 4.41. The van der Waals surface area contributed by atoms with Crippen LogP contribution < -0.4 is 20.5 Å². The van der Waals surface area contributed by atoms with Crippen LogP contribution in [0.2, 0.25) is 0 Å². The minimum absolute atomic E-state index is 0.109. The van der Waals surface area contributed by atoms with Crippen molar-refractivity contribution < 1.29 is 14.3 Å². The van der Waals surface area contributed by atoms with Crippen LogP contribution in [0.25, 0.3) is 6.08 Å². The lowest BCUT2D eigenvalue weighted by molar-refractivity contribution is -0.117. The third-order valence-corrected chi connectivity index (χ3v) is 2.89. The lowest BCUT2D eigenvalue weighted by Gasteiger charge is -2.19. The molecule has 3 N–H and O–H groups in total. The molecule has 19 heavy (non-hydrogen) atoms. The van der Waals surface area contributed by atoms with E-state index in [0.29, 0.717) is 30.2 Å². The fraction of sp³-hybridized carbons (Fsp3) is 0.357. The molecule has 1 heterocycles. The third kappa shape index (κ3) is 3.06. The maximum atomic E-state index is 11.9. The summed E-state index contributed by atoms with van der Waals surface area (Å²) >= 11 is 0. The maximum absolute atomic E-state index is 11.9. The molecule has 0 atom stereocenters. The molecule has 102 valence electrons. The lowest BCUT2D eigenvalue weighted by atomic mass is 10.1. The Labute approximate surface area is 112 Å². The van der Waals surface area contributed by atoms with Crippen molar-refractivity contribution in [3.05, 3.63) is 29.3 Å². The molecule has 1 aliphatic heterocycles. The Balaban J connectivity index is 2.13. The fourth-order valence-corrected chi connectivity index (χ4v) is 1.89. The Morgan fingerprint density at radius 1 is 1.53 bits per heavy atom. The van der Waals surface area contributed by atoms with Crippen LogP contribution in [0.4, 0.5) is 0 Å². The first kappa shape index (κ1) is 13.4. The van der Waals surface area contributed by atoms with E-state index in [1.807, 2.05) is 24.3 Å². The summed E-state index contributed by atoms with van der Waals surface area (Å²) in [6.45, 7) is 1.40. The molecule has 0 saturated heterocycles. The highest BCUT2D eigenvalue weighted by atomic mass is 16.5. The molecule has 0 saturated carbocycles.